The van der Waals surface area contributed by atoms with Gasteiger partial charge in [-0.05, 0) is 43.9 Å². The third-order valence-corrected chi connectivity index (χ3v) is 5.36. The summed E-state index contributed by atoms with van der Waals surface area (Å²) in [6.07, 6.45) is 1.74. The van der Waals surface area contributed by atoms with Crippen LogP contribution in [0.15, 0.2) is 28.7 Å². The van der Waals surface area contributed by atoms with Crippen molar-refractivity contribution in [2.45, 2.75) is 40.5 Å². The van der Waals surface area contributed by atoms with E-state index in [1.54, 1.807) is 22.8 Å². The molecule has 150 valence electrons. The summed E-state index contributed by atoms with van der Waals surface area (Å²) in [5, 5.41) is 3.11. The number of para-hydroxylation sites is 1. The molecule has 1 aromatic heterocycles. The Labute approximate surface area is 166 Å². The van der Waals surface area contributed by atoms with Crippen LogP contribution >= 0.6 is 0 Å². The Morgan fingerprint density at radius 3 is 2.07 bits per heavy atom. The topological polar surface area (TPSA) is 65.8 Å². The van der Waals surface area contributed by atoms with Crippen molar-refractivity contribution in [3.05, 3.63) is 52.5 Å². The molecule has 28 heavy (non-hydrogen) atoms. The fourth-order valence-corrected chi connectivity index (χ4v) is 3.72. The molecule has 6 heteroatoms. The number of piperazine rings is 1. The summed E-state index contributed by atoms with van der Waals surface area (Å²) in [7, 11) is 0. The van der Waals surface area contributed by atoms with Crippen LogP contribution in [-0.4, -0.2) is 47.9 Å². The maximum atomic E-state index is 12.8. The van der Waals surface area contributed by atoms with Gasteiger partial charge in [-0.25, -0.2) is 4.79 Å². The van der Waals surface area contributed by atoms with E-state index >= 15 is 0 Å². The summed E-state index contributed by atoms with van der Waals surface area (Å²) in [5.41, 5.74) is 3.83. The number of hydrogen-bond donors (Lipinski definition) is 1. The predicted molar refractivity (Wildman–Crippen MR) is 110 cm³/mol. The number of rotatable bonds is 4. The van der Waals surface area contributed by atoms with Crippen LogP contribution < -0.4 is 5.32 Å². The molecule has 1 N–H and O–H groups in total. The van der Waals surface area contributed by atoms with E-state index < -0.39 is 0 Å². The predicted octanol–water partition coefficient (Wildman–Crippen LogP) is 4.01. The van der Waals surface area contributed by atoms with Gasteiger partial charge in [-0.2, -0.15) is 0 Å². The van der Waals surface area contributed by atoms with Gasteiger partial charge in [0.2, 0.25) is 0 Å². The lowest BCUT2D eigenvalue weighted by atomic mass is 10.0. The van der Waals surface area contributed by atoms with E-state index in [4.69, 9.17) is 4.42 Å². The Morgan fingerprint density at radius 1 is 1.00 bits per heavy atom. The Balaban J connectivity index is 1.63. The van der Waals surface area contributed by atoms with Crippen LogP contribution in [-0.2, 0) is 12.8 Å². The molecule has 6 nitrogen and oxygen atoms in total. The second kappa shape index (κ2) is 8.50. The molecule has 0 bridgehead atoms. The fourth-order valence-electron chi connectivity index (χ4n) is 3.72. The molecule has 1 aliphatic rings. The molecule has 2 heterocycles. The van der Waals surface area contributed by atoms with Gasteiger partial charge in [0.15, 0.2) is 0 Å². The van der Waals surface area contributed by atoms with Crippen LogP contribution in [0.1, 0.15) is 46.9 Å². The molecule has 1 fully saturated rings. The summed E-state index contributed by atoms with van der Waals surface area (Å²) in [5.74, 6) is 1.35. The summed E-state index contributed by atoms with van der Waals surface area (Å²) in [6, 6.07) is 7.83. The van der Waals surface area contributed by atoms with E-state index in [1.807, 2.05) is 13.0 Å². The third kappa shape index (κ3) is 4.06. The lowest BCUT2D eigenvalue weighted by Crippen LogP contribution is -2.51. The molecule has 3 amide bonds. The smallest absolute Gasteiger partial charge is 0.321 e. The van der Waals surface area contributed by atoms with Gasteiger partial charge in [-0.1, -0.05) is 32.0 Å². The Kier molecular flexibility index (Phi) is 6.07. The number of furan rings is 1. The van der Waals surface area contributed by atoms with Crippen LogP contribution in [0.5, 0.6) is 0 Å². The van der Waals surface area contributed by atoms with Gasteiger partial charge in [0.1, 0.15) is 11.5 Å². The van der Waals surface area contributed by atoms with Crippen molar-refractivity contribution in [2.24, 2.45) is 0 Å². The highest BCUT2D eigenvalue weighted by atomic mass is 16.3. The van der Waals surface area contributed by atoms with Gasteiger partial charge < -0.3 is 19.5 Å². The zero-order valence-corrected chi connectivity index (χ0v) is 17.2. The number of hydrogen-bond acceptors (Lipinski definition) is 3. The molecule has 1 saturated heterocycles. The number of benzene rings is 1. The van der Waals surface area contributed by atoms with Crippen molar-refractivity contribution in [2.75, 3.05) is 31.5 Å². The SMILES string of the molecule is CCc1cccc(CC)c1NC(=O)N1CCN(C(=O)c2cc(C)oc2C)CC1. The molecule has 0 unspecified atom stereocenters. The number of nitrogens with zero attached hydrogens (tertiary/aromatic N) is 2. The highest BCUT2D eigenvalue weighted by molar-refractivity contribution is 5.96. The Bertz CT molecular complexity index is 842. The molecule has 0 saturated carbocycles. The number of urea groups is 1. The Hall–Kier alpha value is -2.76. The average Bonchev–Trinajstić information content (AvgIpc) is 3.05. The van der Waals surface area contributed by atoms with Gasteiger partial charge in [-0.3, -0.25) is 4.79 Å². The zero-order valence-electron chi connectivity index (χ0n) is 17.2. The monoisotopic (exact) mass is 383 g/mol. The molecule has 0 atom stereocenters. The second-order valence-electron chi connectivity index (χ2n) is 7.19. The molecular weight excluding hydrogens is 354 g/mol. The minimum atomic E-state index is -0.0990. The van der Waals surface area contributed by atoms with Crippen molar-refractivity contribution in [1.29, 1.82) is 0 Å². The number of carbonyl (C=O) groups excluding carboxylic acids is 2. The van der Waals surface area contributed by atoms with Crippen molar-refractivity contribution in [3.63, 3.8) is 0 Å². The molecule has 2 aromatic rings. The van der Waals surface area contributed by atoms with Crippen molar-refractivity contribution in [1.82, 2.24) is 9.80 Å². The summed E-state index contributed by atoms with van der Waals surface area (Å²) >= 11 is 0. The first kappa shape index (κ1) is 20.0. The Morgan fingerprint density at radius 2 is 1.57 bits per heavy atom. The van der Waals surface area contributed by atoms with E-state index in [0.717, 1.165) is 35.4 Å². The molecule has 0 radical (unpaired) electrons. The number of anilines is 1. The highest BCUT2D eigenvalue weighted by Gasteiger charge is 2.27. The van der Waals surface area contributed by atoms with E-state index in [9.17, 15) is 9.59 Å². The van der Waals surface area contributed by atoms with E-state index in [-0.39, 0.29) is 11.9 Å². The maximum Gasteiger partial charge on any atom is 0.321 e. The first-order valence-electron chi connectivity index (χ1n) is 9.97. The standard InChI is InChI=1S/C22H29N3O3/c1-5-17-8-7-9-18(6-2)20(17)23-22(27)25-12-10-24(11-13-25)21(26)19-14-15(3)28-16(19)4/h7-9,14H,5-6,10-13H2,1-4H3,(H,23,27). The first-order chi connectivity index (χ1) is 13.4. The van der Waals surface area contributed by atoms with Crippen LogP contribution in [0.3, 0.4) is 0 Å². The summed E-state index contributed by atoms with van der Waals surface area (Å²) in [6.45, 7) is 9.90. The lowest BCUT2D eigenvalue weighted by molar-refractivity contribution is 0.0670. The molecule has 1 aliphatic heterocycles. The molecular formula is C22H29N3O3. The summed E-state index contributed by atoms with van der Waals surface area (Å²) in [4.78, 5) is 29.1. The van der Waals surface area contributed by atoms with Gasteiger partial charge >= 0.3 is 6.03 Å². The largest absolute Gasteiger partial charge is 0.466 e. The molecule has 1 aromatic carbocycles. The quantitative estimate of drug-likeness (QED) is 0.867. The third-order valence-electron chi connectivity index (χ3n) is 5.36. The molecule has 0 aliphatic carbocycles. The van der Waals surface area contributed by atoms with Gasteiger partial charge in [0, 0.05) is 31.9 Å². The van der Waals surface area contributed by atoms with Crippen LogP contribution in [0.4, 0.5) is 10.5 Å². The van der Waals surface area contributed by atoms with Crippen LogP contribution in [0.25, 0.3) is 0 Å². The highest BCUT2D eigenvalue weighted by Crippen LogP contribution is 2.23. The number of aryl methyl sites for hydroxylation is 4. The fraction of sp³-hybridized carbons (Fsp3) is 0.455. The maximum absolute atomic E-state index is 12.8. The minimum absolute atomic E-state index is 0.0287. The lowest BCUT2D eigenvalue weighted by Gasteiger charge is -2.35. The van der Waals surface area contributed by atoms with Crippen molar-refractivity contribution in [3.8, 4) is 0 Å². The van der Waals surface area contributed by atoms with Gasteiger partial charge in [-0.15, -0.1) is 0 Å². The normalized spacial score (nSPS) is 14.3. The van der Waals surface area contributed by atoms with E-state index in [0.29, 0.717) is 37.5 Å². The molecule has 3 rings (SSSR count). The zero-order chi connectivity index (χ0) is 20.3. The average molecular weight is 383 g/mol. The van der Waals surface area contributed by atoms with Crippen LogP contribution in [0, 0.1) is 13.8 Å². The van der Waals surface area contributed by atoms with E-state index in [2.05, 4.69) is 31.3 Å². The molecule has 0 spiro atoms. The van der Waals surface area contributed by atoms with Crippen LogP contribution in [0.2, 0.25) is 0 Å². The number of nitrogens with one attached hydrogen (secondary N) is 1. The minimum Gasteiger partial charge on any atom is -0.466 e. The summed E-state index contributed by atoms with van der Waals surface area (Å²) < 4.78 is 5.47. The van der Waals surface area contributed by atoms with Gasteiger partial charge in [0.05, 0.1) is 5.56 Å². The number of carbonyl (C=O) groups is 2. The number of amides is 3. The van der Waals surface area contributed by atoms with E-state index in [1.165, 1.54) is 0 Å². The van der Waals surface area contributed by atoms with Crippen molar-refractivity contribution < 1.29 is 14.0 Å². The second-order valence-corrected chi connectivity index (χ2v) is 7.19. The first-order valence-corrected chi connectivity index (χ1v) is 9.97. The van der Waals surface area contributed by atoms with Crippen molar-refractivity contribution >= 4 is 17.6 Å². The van der Waals surface area contributed by atoms with Gasteiger partial charge in [0.25, 0.3) is 5.91 Å².